The molecule has 2 nitrogen and oxygen atoms in total. The maximum Gasteiger partial charge on any atom is 0.265 e. The van der Waals surface area contributed by atoms with Gasteiger partial charge in [0.25, 0.3) is 6.43 Å². The molecule has 12 heavy (non-hydrogen) atoms. The summed E-state index contributed by atoms with van der Waals surface area (Å²) in [5.41, 5.74) is 0. The van der Waals surface area contributed by atoms with Crippen molar-refractivity contribution in [2.75, 3.05) is 13.1 Å². The number of nitrogens with one attached hydrogen (secondary N) is 1. The molecule has 0 fully saturated rings. The Morgan fingerprint density at radius 1 is 1.33 bits per heavy atom. The number of hydrogen-bond donors (Lipinski definition) is 2. The fourth-order valence-electron chi connectivity index (χ4n) is 0.730. The van der Waals surface area contributed by atoms with Crippen molar-refractivity contribution in [1.82, 2.24) is 5.32 Å². The third kappa shape index (κ3) is 6.49. The van der Waals surface area contributed by atoms with Gasteiger partial charge in [-0.1, -0.05) is 13.8 Å². The molecule has 0 saturated heterocycles. The minimum absolute atomic E-state index is 0.0234. The highest BCUT2D eigenvalue weighted by Crippen LogP contribution is 1.99. The van der Waals surface area contributed by atoms with E-state index in [1.165, 1.54) is 0 Å². The quantitative estimate of drug-likeness (QED) is 0.604. The molecular formula is C8H17F2NO. The summed E-state index contributed by atoms with van der Waals surface area (Å²) in [5.74, 6) is 0.557. The Labute approximate surface area is 72.0 Å². The molecule has 0 aromatic carbocycles. The first-order valence-corrected chi connectivity index (χ1v) is 4.21. The van der Waals surface area contributed by atoms with Gasteiger partial charge in [0, 0.05) is 6.54 Å². The van der Waals surface area contributed by atoms with E-state index in [-0.39, 0.29) is 6.54 Å². The van der Waals surface area contributed by atoms with Crippen LogP contribution in [0.5, 0.6) is 0 Å². The molecule has 0 bridgehead atoms. The molecule has 0 aliphatic carbocycles. The molecule has 0 heterocycles. The van der Waals surface area contributed by atoms with E-state index in [4.69, 9.17) is 5.11 Å². The number of aliphatic hydroxyl groups excluding tert-OH is 1. The molecule has 74 valence electrons. The van der Waals surface area contributed by atoms with E-state index in [1.54, 1.807) is 0 Å². The van der Waals surface area contributed by atoms with Gasteiger partial charge in [-0.05, 0) is 18.9 Å². The van der Waals surface area contributed by atoms with Gasteiger partial charge in [0.2, 0.25) is 0 Å². The van der Waals surface area contributed by atoms with Gasteiger partial charge < -0.3 is 10.4 Å². The zero-order valence-electron chi connectivity index (χ0n) is 7.56. The summed E-state index contributed by atoms with van der Waals surface area (Å²) in [4.78, 5) is 0. The lowest BCUT2D eigenvalue weighted by atomic mass is 10.1. The molecule has 0 rings (SSSR count). The molecule has 0 spiro atoms. The van der Waals surface area contributed by atoms with E-state index in [2.05, 4.69) is 19.2 Å². The Kier molecular flexibility index (Phi) is 6.20. The first kappa shape index (κ1) is 11.8. The average molecular weight is 181 g/mol. The van der Waals surface area contributed by atoms with E-state index >= 15 is 0 Å². The highest BCUT2D eigenvalue weighted by atomic mass is 19.3. The molecule has 0 aromatic heterocycles. The van der Waals surface area contributed by atoms with Crippen LogP contribution in [0.25, 0.3) is 0 Å². The van der Waals surface area contributed by atoms with E-state index < -0.39 is 12.5 Å². The van der Waals surface area contributed by atoms with Crippen LogP contribution in [0.1, 0.15) is 20.3 Å². The van der Waals surface area contributed by atoms with E-state index in [1.807, 2.05) is 0 Å². The van der Waals surface area contributed by atoms with Crippen molar-refractivity contribution in [3.8, 4) is 0 Å². The molecule has 0 amide bonds. The highest BCUT2D eigenvalue weighted by Gasteiger charge is 2.15. The van der Waals surface area contributed by atoms with Crippen LogP contribution < -0.4 is 5.32 Å². The normalized spacial score (nSPS) is 14.2. The monoisotopic (exact) mass is 181 g/mol. The van der Waals surface area contributed by atoms with Crippen LogP contribution >= 0.6 is 0 Å². The Balaban J connectivity index is 3.20. The fraction of sp³-hybridized carbons (Fsp3) is 1.00. The molecule has 0 aromatic rings. The topological polar surface area (TPSA) is 32.3 Å². The molecule has 1 unspecified atom stereocenters. The smallest absolute Gasteiger partial charge is 0.265 e. The van der Waals surface area contributed by atoms with Crippen LogP contribution in [-0.2, 0) is 0 Å². The summed E-state index contributed by atoms with van der Waals surface area (Å²) in [6.07, 6.45) is -3.23. The molecule has 1 atom stereocenters. The van der Waals surface area contributed by atoms with Gasteiger partial charge in [-0.2, -0.15) is 0 Å². The number of aliphatic hydroxyl groups is 1. The van der Waals surface area contributed by atoms with Crippen LogP contribution in [0.2, 0.25) is 0 Å². The zero-order chi connectivity index (χ0) is 9.56. The van der Waals surface area contributed by atoms with E-state index in [0.29, 0.717) is 12.5 Å². The summed E-state index contributed by atoms with van der Waals surface area (Å²) in [6.45, 7) is 4.78. The molecule has 0 saturated carbocycles. The lowest BCUT2D eigenvalue weighted by molar-refractivity contribution is -0.00324. The van der Waals surface area contributed by atoms with Crippen molar-refractivity contribution in [2.24, 2.45) is 5.92 Å². The molecule has 0 radical (unpaired) electrons. The van der Waals surface area contributed by atoms with Crippen molar-refractivity contribution in [2.45, 2.75) is 32.8 Å². The van der Waals surface area contributed by atoms with Crippen molar-refractivity contribution in [3.05, 3.63) is 0 Å². The van der Waals surface area contributed by atoms with Crippen LogP contribution in [0.4, 0.5) is 8.78 Å². The molecule has 4 heteroatoms. The number of halogens is 2. The Bertz CT molecular complexity index is 109. The van der Waals surface area contributed by atoms with Gasteiger partial charge in [0.15, 0.2) is 0 Å². The van der Waals surface area contributed by atoms with Crippen molar-refractivity contribution in [3.63, 3.8) is 0 Å². The second kappa shape index (κ2) is 6.31. The number of hydrogen-bond acceptors (Lipinski definition) is 2. The molecule has 2 N–H and O–H groups in total. The van der Waals surface area contributed by atoms with E-state index in [0.717, 1.165) is 6.42 Å². The SMILES string of the molecule is CC(C)CCNCC(O)C(F)F. The van der Waals surface area contributed by atoms with Crippen LogP contribution in [-0.4, -0.2) is 30.7 Å². The first-order chi connectivity index (χ1) is 5.54. The second-order valence-corrected chi connectivity index (χ2v) is 3.29. The fourth-order valence-corrected chi connectivity index (χ4v) is 0.730. The lowest BCUT2D eigenvalue weighted by Crippen LogP contribution is -2.32. The summed E-state index contributed by atoms with van der Waals surface area (Å²) in [5, 5.41) is 11.4. The summed E-state index contributed by atoms with van der Waals surface area (Å²) in [6, 6.07) is 0. The highest BCUT2D eigenvalue weighted by molar-refractivity contribution is 4.61. The largest absolute Gasteiger partial charge is 0.386 e. The van der Waals surface area contributed by atoms with Crippen LogP contribution in [0, 0.1) is 5.92 Å². The van der Waals surface area contributed by atoms with Gasteiger partial charge in [0.1, 0.15) is 6.10 Å². The minimum Gasteiger partial charge on any atom is -0.386 e. The number of alkyl halides is 2. The predicted octanol–water partition coefficient (Wildman–Crippen LogP) is 1.25. The van der Waals surface area contributed by atoms with Gasteiger partial charge >= 0.3 is 0 Å². The summed E-state index contributed by atoms with van der Waals surface area (Å²) < 4.78 is 23.4. The first-order valence-electron chi connectivity index (χ1n) is 4.21. The van der Waals surface area contributed by atoms with Crippen molar-refractivity contribution >= 4 is 0 Å². The minimum atomic E-state index is -2.64. The van der Waals surface area contributed by atoms with E-state index in [9.17, 15) is 8.78 Å². The standard InChI is InChI=1S/C8H17F2NO/c1-6(2)3-4-11-5-7(12)8(9)10/h6-8,11-12H,3-5H2,1-2H3. The number of rotatable bonds is 6. The molecule has 0 aliphatic heterocycles. The Hall–Kier alpha value is -0.220. The maximum atomic E-state index is 11.7. The third-order valence-electron chi connectivity index (χ3n) is 1.54. The molecular weight excluding hydrogens is 164 g/mol. The van der Waals surface area contributed by atoms with Gasteiger partial charge in [0.05, 0.1) is 0 Å². The third-order valence-corrected chi connectivity index (χ3v) is 1.54. The Morgan fingerprint density at radius 2 is 1.92 bits per heavy atom. The maximum absolute atomic E-state index is 11.7. The van der Waals surface area contributed by atoms with Gasteiger partial charge in [-0.25, -0.2) is 8.78 Å². The van der Waals surface area contributed by atoms with Crippen LogP contribution in [0.15, 0.2) is 0 Å². The van der Waals surface area contributed by atoms with Crippen LogP contribution in [0.3, 0.4) is 0 Å². The Morgan fingerprint density at radius 3 is 2.33 bits per heavy atom. The summed E-state index contributed by atoms with van der Waals surface area (Å²) in [7, 11) is 0. The average Bonchev–Trinajstić information content (AvgIpc) is 1.97. The van der Waals surface area contributed by atoms with Gasteiger partial charge in [-0.15, -0.1) is 0 Å². The summed E-state index contributed by atoms with van der Waals surface area (Å²) >= 11 is 0. The molecule has 0 aliphatic rings. The lowest BCUT2D eigenvalue weighted by Gasteiger charge is -2.11. The predicted molar refractivity (Wildman–Crippen MR) is 44.3 cm³/mol. The van der Waals surface area contributed by atoms with Gasteiger partial charge in [-0.3, -0.25) is 0 Å². The second-order valence-electron chi connectivity index (χ2n) is 3.29. The van der Waals surface area contributed by atoms with Crippen molar-refractivity contribution < 1.29 is 13.9 Å². The zero-order valence-corrected chi connectivity index (χ0v) is 7.56. The van der Waals surface area contributed by atoms with Crippen molar-refractivity contribution in [1.29, 1.82) is 0 Å².